The summed E-state index contributed by atoms with van der Waals surface area (Å²) in [5.41, 5.74) is 4.37. The third-order valence-corrected chi connectivity index (χ3v) is 4.24. The molecule has 0 fully saturated rings. The van der Waals surface area contributed by atoms with Gasteiger partial charge in [0.15, 0.2) is 11.5 Å². The molecule has 2 aromatic carbocycles. The summed E-state index contributed by atoms with van der Waals surface area (Å²) in [6, 6.07) is 15.7. The van der Waals surface area contributed by atoms with E-state index in [9.17, 15) is 9.59 Å². The number of nitrogens with one attached hydrogen (secondary N) is 2. The van der Waals surface area contributed by atoms with Gasteiger partial charge in [0, 0.05) is 11.4 Å². The summed E-state index contributed by atoms with van der Waals surface area (Å²) >= 11 is 0. The number of amides is 1. The van der Waals surface area contributed by atoms with Gasteiger partial charge < -0.3 is 15.4 Å². The fraction of sp³-hybridized carbons (Fsp3) is 0.143. The van der Waals surface area contributed by atoms with Crippen LogP contribution in [0.25, 0.3) is 0 Å². The lowest BCUT2D eigenvalue weighted by atomic mass is 10.1. The number of rotatable bonds is 5. The van der Waals surface area contributed by atoms with E-state index in [0.717, 1.165) is 16.8 Å². The first kappa shape index (κ1) is 19.0. The van der Waals surface area contributed by atoms with Crippen molar-refractivity contribution in [1.29, 1.82) is 0 Å². The fourth-order valence-electron chi connectivity index (χ4n) is 2.49. The van der Waals surface area contributed by atoms with Crippen molar-refractivity contribution in [3.8, 4) is 0 Å². The largest absolute Gasteiger partial charge is 0.465 e. The highest BCUT2D eigenvalue weighted by Gasteiger charge is 2.10. The smallest absolute Gasteiger partial charge is 0.337 e. The predicted octanol–water partition coefficient (Wildman–Crippen LogP) is 3.88. The highest BCUT2D eigenvalue weighted by Crippen LogP contribution is 2.17. The zero-order valence-corrected chi connectivity index (χ0v) is 15.8. The standard InChI is InChI=1S/C21H20N4O3/c1-13-4-7-17(12-14(13)2)23-20(26)18-10-11-19(25-24-18)22-16-8-5-15(6-9-16)21(27)28-3/h4-12H,1-3H3,(H,22,25)(H,23,26). The number of aromatic nitrogens is 2. The van der Waals surface area contributed by atoms with Crippen molar-refractivity contribution in [2.45, 2.75) is 13.8 Å². The Hall–Kier alpha value is -3.74. The minimum Gasteiger partial charge on any atom is -0.465 e. The van der Waals surface area contributed by atoms with Gasteiger partial charge in [-0.1, -0.05) is 6.07 Å². The van der Waals surface area contributed by atoms with Gasteiger partial charge in [0.05, 0.1) is 12.7 Å². The Morgan fingerprint density at radius 2 is 1.57 bits per heavy atom. The molecule has 0 spiro atoms. The second-order valence-electron chi connectivity index (χ2n) is 6.25. The molecule has 142 valence electrons. The summed E-state index contributed by atoms with van der Waals surface area (Å²) in [4.78, 5) is 23.8. The maximum atomic E-state index is 12.3. The summed E-state index contributed by atoms with van der Waals surface area (Å²) in [6.45, 7) is 4.00. The number of hydrogen-bond acceptors (Lipinski definition) is 6. The van der Waals surface area contributed by atoms with Crippen molar-refractivity contribution < 1.29 is 14.3 Å². The molecule has 2 N–H and O–H groups in total. The third-order valence-electron chi connectivity index (χ3n) is 4.24. The lowest BCUT2D eigenvalue weighted by Crippen LogP contribution is -2.14. The molecule has 3 aromatic rings. The summed E-state index contributed by atoms with van der Waals surface area (Å²) in [6.07, 6.45) is 0. The van der Waals surface area contributed by atoms with Gasteiger partial charge in [-0.3, -0.25) is 4.79 Å². The van der Waals surface area contributed by atoms with Gasteiger partial charge in [0.1, 0.15) is 0 Å². The number of anilines is 3. The molecule has 3 rings (SSSR count). The predicted molar refractivity (Wildman–Crippen MR) is 107 cm³/mol. The lowest BCUT2D eigenvalue weighted by molar-refractivity contribution is 0.0600. The van der Waals surface area contributed by atoms with Gasteiger partial charge in [0.2, 0.25) is 0 Å². The lowest BCUT2D eigenvalue weighted by Gasteiger charge is -2.08. The van der Waals surface area contributed by atoms with E-state index < -0.39 is 5.97 Å². The average molecular weight is 376 g/mol. The van der Waals surface area contributed by atoms with Crippen LogP contribution in [0, 0.1) is 13.8 Å². The number of carbonyl (C=O) groups excluding carboxylic acids is 2. The highest BCUT2D eigenvalue weighted by molar-refractivity contribution is 6.02. The Kier molecular flexibility index (Phi) is 5.64. The molecule has 1 amide bonds. The van der Waals surface area contributed by atoms with Gasteiger partial charge in [-0.05, 0) is 73.5 Å². The van der Waals surface area contributed by atoms with Crippen molar-refractivity contribution in [1.82, 2.24) is 10.2 Å². The molecule has 7 heteroatoms. The van der Waals surface area contributed by atoms with Crippen LogP contribution in [0.4, 0.5) is 17.2 Å². The van der Waals surface area contributed by atoms with E-state index in [1.807, 2.05) is 32.0 Å². The Morgan fingerprint density at radius 3 is 2.18 bits per heavy atom. The second-order valence-corrected chi connectivity index (χ2v) is 6.25. The molecular weight excluding hydrogens is 356 g/mol. The minimum absolute atomic E-state index is 0.213. The zero-order chi connectivity index (χ0) is 20.1. The van der Waals surface area contributed by atoms with E-state index in [4.69, 9.17) is 0 Å². The normalized spacial score (nSPS) is 10.2. The molecule has 1 heterocycles. The Bertz CT molecular complexity index is 999. The molecule has 0 saturated carbocycles. The maximum Gasteiger partial charge on any atom is 0.337 e. The van der Waals surface area contributed by atoms with Crippen LogP contribution in [0.2, 0.25) is 0 Å². The molecule has 0 aliphatic rings. The molecule has 0 radical (unpaired) electrons. The van der Waals surface area contributed by atoms with E-state index >= 15 is 0 Å². The van der Waals surface area contributed by atoms with Crippen LogP contribution in [0.5, 0.6) is 0 Å². The van der Waals surface area contributed by atoms with Crippen molar-refractivity contribution in [3.63, 3.8) is 0 Å². The molecule has 0 aliphatic carbocycles. The van der Waals surface area contributed by atoms with Crippen LogP contribution in [0.15, 0.2) is 54.6 Å². The molecule has 28 heavy (non-hydrogen) atoms. The van der Waals surface area contributed by atoms with E-state index in [1.54, 1.807) is 36.4 Å². The van der Waals surface area contributed by atoms with Crippen molar-refractivity contribution in [2.75, 3.05) is 17.7 Å². The molecular formula is C21H20N4O3. The zero-order valence-electron chi connectivity index (χ0n) is 15.8. The van der Waals surface area contributed by atoms with E-state index in [0.29, 0.717) is 17.1 Å². The van der Waals surface area contributed by atoms with Crippen molar-refractivity contribution in [2.24, 2.45) is 0 Å². The highest BCUT2D eigenvalue weighted by atomic mass is 16.5. The average Bonchev–Trinajstić information content (AvgIpc) is 2.71. The van der Waals surface area contributed by atoms with Crippen LogP contribution >= 0.6 is 0 Å². The topological polar surface area (TPSA) is 93.2 Å². The van der Waals surface area contributed by atoms with Crippen LogP contribution in [0.3, 0.4) is 0 Å². The monoisotopic (exact) mass is 376 g/mol. The third kappa shape index (κ3) is 4.50. The number of carbonyl (C=O) groups is 2. The van der Waals surface area contributed by atoms with E-state index in [-0.39, 0.29) is 11.6 Å². The van der Waals surface area contributed by atoms with E-state index in [1.165, 1.54) is 7.11 Å². The molecule has 0 unspecified atom stereocenters. The summed E-state index contributed by atoms with van der Waals surface area (Å²) in [5, 5.41) is 13.9. The first-order valence-electron chi connectivity index (χ1n) is 8.64. The molecule has 7 nitrogen and oxygen atoms in total. The second kappa shape index (κ2) is 8.30. The summed E-state index contributed by atoms with van der Waals surface area (Å²) < 4.78 is 4.67. The molecule has 0 aliphatic heterocycles. The SMILES string of the molecule is COC(=O)c1ccc(Nc2ccc(C(=O)Nc3ccc(C)c(C)c3)nn2)cc1. The Balaban J connectivity index is 1.64. The van der Waals surface area contributed by atoms with Crippen molar-refractivity contribution in [3.05, 3.63) is 77.0 Å². The van der Waals surface area contributed by atoms with Crippen LogP contribution in [-0.2, 0) is 4.74 Å². The number of methoxy groups -OCH3 is 1. The fourth-order valence-corrected chi connectivity index (χ4v) is 2.49. The Labute approximate surface area is 162 Å². The van der Waals surface area contributed by atoms with Crippen LogP contribution in [0.1, 0.15) is 32.0 Å². The summed E-state index contributed by atoms with van der Waals surface area (Å²) in [7, 11) is 1.34. The van der Waals surface area contributed by atoms with Crippen molar-refractivity contribution >= 4 is 29.1 Å². The first-order chi connectivity index (χ1) is 13.5. The van der Waals surface area contributed by atoms with Gasteiger partial charge in [-0.2, -0.15) is 0 Å². The molecule has 1 aromatic heterocycles. The number of aryl methyl sites for hydroxylation is 2. The molecule has 0 bridgehead atoms. The molecule has 0 saturated heterocycles. The first-order valence-corrected chi connectivity index (χ1v) is 8.64. The minimum atomic E-state index is -0.398. The van der Waals surface area contributed by atoms with E-state index in [2.05, 4.69) is 25.6 Å². The summed E-state index contributed by atoms with van der Waals surface area (Å²) in [5.74, 6) is -0.247. The van der Waals surface area contributed by atoms with Gasteiger partial charge in [-0.25, -0.2) is 4.79 Å². The quantitative estimate of drug-likeness (QED) is 0.657. The van der Waals surface area contributed by atoms with Gasteiger partial charge >= 0.3 is 5.97 Å². The van der Waals surface area contributed by atoms with Crippen LogP contribution in [-0.4, -0.2) is 29.2 Å². The van der Waals surface area contributed by atoms with Crippen LogP contribution < -0.4 is 10.6 Å². The number of benzene rings is 2. The molecule has 0 atom stereocenters. The van der Waals surface area contributed by atoms with Gasteiger partial charge in [0.25, 0.3) is 5.91 Å². The number of esters is 1. The number of nitrogens with zero attached hydrogens (tertiary/aromatic N) is 2. The maximum absolute atomic E-state index is 12.3. The van der Waals surface area contributed by atoms with Gasteiger partial charge in [-0.15, -0.1) is 10.2 Å². The number of ether oxygens (including phenoxy) is 1. The number of hydrogen-bond donors (Lipinski definition) is 2. The Morgan fingerprint density at radius 1 is 0.857 bits per heavy atom.